The molecule has 7 nitrogen and oxygen atoms in total. The Morgan fingerprint density at radius 1 is 0.861 bits per heavy atom. The predicted octanol–water partition coefficient (Wildman–Crippen LogP) is 5.16. The van der Waals surface area contributed by atoms with Gasteiger partial charge in [-0.15, -0.1) is 0 Å². The molecule has 3 aromatic rings. The van der Waals surface area contributed by atoms with Gasteiger partial charge in [-0.2, -0.15) is 0 Å². The van der Waals surface area contributed by atoms with Gasteiger partial charge in [0.1, 0.15) is 18.1 Å². The van der Waals surface area contributed by atoms with Crippen molar-refractivity contribution in [3.05, 3.63) is 83.4 Å². The van der Waals surface area contributed by atoms with Gasteiger partial charge in [-0.1, -0.05) is 67.8 Å². The highest BCUT2D eigenvalue weighted by Gasteiger charge is 2.22. The molecule has 0 aliphatic heterocycles. The molecule has 1 fully saturated rings. The number of rotatable bonds is 10. The number of benzene rings is 3. The normalized spacial score (nSPS) is 13.7. The monoisotopic (exact) mass is 487 g/mol. The third kappa shape index (κ3) is 6.56. The summed E-state index contributed by atoms with van der Waals surface area (Å²) in [5.74, 6) is 1.03. The molecule has 0 aromatic heterocycles. The number of carbonyl (C=O) groups is 2. The molecule has 188 valence electrons. The van der Waals surface area contributed by atoms with Crippen molar-refractivity contribution in [1.29, 1.82) is 0 Å². The van der Waals surface area contributed by atoms with Crippen molar-refractivity contribution in [2.24, 2.45) is 17.4 Å². The van der Waals surface area contributed by atoms with Crippen LogP contribution < -0.4 is 26.3 Å². The Kier molecular flexibility index (Phi) is 8.44. The first-order valence-electron chi connectivity index (χ1n) is 12.4. The highest BCUT2D eigenvalue weighted by atomic mass is 16.5. The lowest BCUT2D eigenvalue weighted by Crippen LogP contribution is -2.29. The number of urea groups is 1. The second-order valence-corrected chi connectivity index (χ2v) is 9.17. The molecule has 4 rings (SSSR count). The van der Waals surface area contributed by atoms with Crippen molar-refractivity contribution >= 4 is 11.9 Å². The van der Waals surface area contributed by atoms with Gasteiger partial charge in [0.25, 0.3) is 5.91 Å². The Hall–Kier alpha value is -4.00. The molecule has 1 aliphatic rings. The van der Waals surface area contributed by atoms with Crippen molar-refractivity contribution in [2.45, 2.75) is 45.3 Å². The number of ether oxygens (including phenoxy) is 2. The molecule has 0 bridgehead atoms. The van der Waals surface area contributed by atoms with Crippen LogP contribution in [0.5, 0.6) is 11.5 Å². The lowest BCUT2D eigenvalue weighted by atomic mass is 9.90. The Morgan fingerprint density at radius 2 is 1.58 bits per heavy atom. The fourth-order valence-electron chi connectivity index (χ4n) is 4.63. The Labute approximate surface area is 211 Å². The zero-order valence-electron chi connectivity index (χ0n) is 20.4. The van der Waals surface area contributed by atoms with E-state index in [0.717, 1.165) is 35.3 Å². The van der Waals surface area contributed by atoms with Gasteiger partial charge in [0, 0.05) is 12.1 Å². The first-order chi connectivity index (χ1) is 17.5. The summed E-state index contributed by atoms with van der Waals surface area (Å²) >= 11 is 0. The quantitative estimate of drug-likeness (QED) is 0.366. The molecule has 0 spiro atoms. The lowest BCUT2D eigenvalue weighted by molar-refractivity contribution is 0.0994. The van der Waals surface area contributed by atoms with E-state index in [0.29, 0.717) is 36.0 Å². The van der Waals surface area contributed by atoms with Crippen molar-refractivity contribution in [1.82, 2.24) is 5.32 Å². The molecular weight excluding hydrogens is 454 g/mol. The first kappa shape index (κ1) is 25.1. The van der Waals surface area contributed by atoms with E-state index in [1.807, 2.05) is 54.6 Å². The summed E-state index contributed by atoms with van der Waals surface area (Å²) < 4.78 is 12.3. The van der Waals surface area contributed by atoms with E-state index >= 15 is 0 Å². The highest BCUT2D eigenvalue weighted by molar-refractivity contribution is 5.99. The van der Waals surface area contributed by atoms with Gasteiger partial charge in [0.05, 0.1) is 12.2 Å². The molecule has 1 aliphatic carbocycles. The number of nitrogens with two attached hydrogens (primary N) is 2. The Morgan fingerprint density at radius 3 is 2.25 bits per heavy atom. The second-order valence-electron chi connectivity index (χ2n) is 9.17. The average molecular weight is 488 g/mol. The van der Waals surface area contributed by atoms with E-state index in [-0.39, 0.29) is 6.54 Å². The van der Waals surface area contributed by atoms with Gasteiger partial charge >= 0.3 is 6.03 Å². The zero-order chi connectivity index (χ0) is 25.3. The Balaban J connectivity index is 1.65. The number of carbonyl (C=O) groups excluding carboxylic acids is 2. The minimum absolute atomic E-state index is 0.190. The third-order valence-electron chi connectivity index (χ3n) is 6.54. The van der Waals surface area contributed by atoms with Gasteiger partial charge in [-0.3, -0.25) is 4.79 Å². The van der Waals surface area contributed by atoms with E-state index in [1.165, 1.54) is 19.3 Å². The minimum Gasteiger partial charge on any atom is -0.492 e. The van der Waals surface area contributed by atoms with Crippen LogP contribution in [-0.4, -0.2) is 18.5 Å². The van der Waals surface area contributed by atoms with Crippen molar-refractivity contribution in [2.75, 3.05) is 6.61 Å². The maximum absolute atomic E-state index is 12.3. The maximum atomic E-state index is 12.3. The molecule has 36 heavy (non-hydrogen) atoms. The summed E-state index contributed by atoms with van der Waals surface area (Å²) in [6.07, 6.45) is 5.85. The smallest absolute Gasteiger partial charge is 0.312 e. The number of primary amides is 2. The van der Waals surface area contributed by atoms with Gasteiger partial charge in [0.2, 0.25) is 0 Å². The highest BCUT2D eigenvalue weighted by Crippen LogP contribution is 2.38. The van der Waals surface area contributed by atoms with Crippen molar-refractivity contribution in [3.63, 3.8) is 0 Å². The summed E-state index contributed by atoms with van der Waals surface area (Å²) in [4.78, 5) is 23.8. The summed E-state index contributed by atoms with van der Waals surface area (Å²) in [7, 11) is 0. The number of amides is 3. The van der Waals surface area contributed by atoms with Crippen molar-refractivity contribution < 1.29 is 19.1 Å². The van der Waals surface area contributed by atoms with Crippen LogP contribution in [0.2, 0.25) is 0 Å². The summed E-state index contributed by atoms with van der Waals surface area (Å²) in [5.41, 5.74) is 14.8. The molecule has 0 saturated heterocycles. The van der Waals surface area contributed by atoms with Crippen LogP contribution in [0.3, 0.4) is 0 Å². The maximum Gasteiger partial charge on any atom is 0.312 e. The SMILES string of the molecule is NC(=O)NCc1ccc(C(N)=O)c(OCC2CCCCC2)c1-c1ccc(OCc2ccccc2)cc1. The van der Waals surface area contributed by atoms with Crippen LogP contribution in [0, 0.1) is 5.92 Å². The molecule has 0 atom stereocenters. The van der Waals surface area contributed by atoms with Crippen LogP contribution in [0.15, 0.2) is 66.7 Å². The lowest BCUT2D eigenvalue weighted by Gasteiger charge is -2.24. The predicted molar refractivity (Wildman–Crippen MR) is 140 cm³/mol. The molecule has 1 saturated carbocycles. The standard InChI is InChI=1S/C29H33N3O4/c30-28(33)25-16-13-23(17-32-29(31)34)26(27(25)36-19-21-9-5-2-6-10-21)22-11-14-24(15-12-22)35-18-20-7-3-1-4-8-20/h1,3-4,7-8,11-16,21H,2,5-6,9-10,17-19H2,(H2,30,33)(H3,31,32,34). The van der Waals surface area contributed by atoms with Crippen LogP contribution in [-0.2, 0) is 13.2 Å². The summed E-state index contributed by atoms with van der Waals surface area (Å²) in [5, 5.41) is 2.65. The van der Waals surface area contributed by atoms with Crippen LogP contribution in [0.4, 0.5) is 4.79 Å². The molecule has 0 radical (unpaired) electrons. The van der Waals surface area contributed by atoms with E-state index in [9.17, 15) is 9.59 Å². The third-order valence-corrected chi connectivity index (χ3v) is 6.54. The molecule has 0 unspecified atom stereocenters. The van der Waals surface area contributed by atoms with Gasteiger partial charge in [0.15, 0.2) is 0 Å². The zero-order valence-corrected chi connectivity index (χ0v) is 20.4. The molecular formula is C29H33N3O4. The molecule has 0 heterocycles. The van der Waals surface area contributed by atoms with E-state index in [1.54, 1.807) is 12.1 Å². The number of nitrogens with one attached hydrogen (secondary N) is 1. The second kappa shape index (κ2) is 12.1. The van der Waals surface area contributed by atoms with E-state index in [2.05, 4.69) is 5.32 Å². The number of hydrogen-bond acceptors (Lipinski definition) is 4. The fourth-order valence-corrected chi connectivity index (χ4v) is 4.63. The van der Waals surface area contributed by atoms with Gasteiger partial charge < -0.3 is 26.3 Å². The molecule has 5 N–H and O–H groups in total. The van der Waals surface area contributed by atoms with Crippen molar-refractivity contribution in [3.8, 4) is 22.6 Å². The van der Waals surface area contributed by atoms with E-state index < -0.39 is 11.9 Å². The molecule has 7 heteroatoms. The average Bonchev–Trinajstić information content (AvgIpc) is 2.90. The van der Waals surface area contributed by atoms with Crippen LogP contribution in [0.25, 0.3) is 11.1 Å². The largest absolute Gasteiger partial charge is 0.492 e. The number of hydrogen-bond donors (Lipinski definition) is 3. The summed E-state index contributed by atoms with van der Waals surface area (Å²) in [6, 6.07) is 20.3. The van der Waals surface area contributed by atoms with Crippen LogP contribution >= 0.6 is 0 Å². The van der Waals surface area contributed by atoms with E-state index in [4.69, 9.17) is 20.9 Å². The summed E-state index contributed by atoms with van der Waals surface area (Å²) in [6.45, 7) is 1.16. The topological polar surface area (TPSA) is 117 Å². The van der Waals surface area contributed by atoms with Crippen LogP contribution in [0.1, 0.15) is 53.6 Å². The first-order valence-corrected chi connectivity index (χ1v) is 12.4. The minimum atomic E-state index is -0.630. The van der Waals surface area contributed by atoms with Gasteiger partial charge in [-0.05, 0) is 53.6 Å². The fraction of sp³-hybridized carbons (Fsp3) is 0.310. The molecule has 3 aromatic carbocycles. The van der Waals surface area contributed by atoms with Gasteiger partial charge in [-0.25, -0.2) is 4.79 Å². The molecule has 3 amide bonds. The Bertz CT molecular complexity index is 1170.